The largest absolute Gasteiger partial charge is 0.504 e. The molecule has 0 radical (unpaired) electrons. The van der Waals surface area contributed by atoms with Crippen molar-refractivity contribution in [3.05, 3.63) is 38.0 Å². The molecule has 1 aromatic heterocycles. The number of benzene rings is 1. The van der Waals surface area contributed by atoms with Crippen molar-refractivity contribution in [1.82, 2.24) is 15.6 Å². The number of nitrogens with one attached hydrogen (secondary N) is 2. The van der Waals surface area contributed by atoms with Crippen molar-refractivity contribution < 1.29 is 14.6 Å². The zero-order chi connectivity index (χ0) is 16.3. The quantitative estimate of drug-likeness (QED) is 0.511. The monoisotopic (exact) mass is 430 g/mol. The SMILES string of the molecule is COc1cc(Br)c(Br)c(/C=N/NC(=O)c2cc(C)[nH]n2)c1O. The first-order valence-corrected chi connectivity index (χ1v) is 7.63. The highest BCUT2D eigenvalue weighted by atomic mass is 79.9. The fraction of sp³-hybridized carbons (Fsp3) is 0.154. The van der Waals surface area contributed by atoms with Crippen LogP contribution in [0.15, 0.2) is 26.2 Å². The zero-order valence-corrected chi connectivity index (χ0v) is 14.8. The van der Waals surface area contributed by atoms with Crippen molar-refractivity contribution in [2.75, 3.05) is 7.11 Å². The lowest BCUT2D eigenvalue weighted by molar-refractivity contribution is 0.0950. The normalized spacial score (nSPS) is 10.9. The number of amides is 1. The number of aryl methyl sites for hydroxylation is 1. The molecule has 1 heterocycles. The van der Waals surface area contributed by atoms with Crippen LogP contribution < -0.4 is 10.2 Å². The molecular weight excluding hydrogens is 420 g/mol. The van der Waals surface area contributed by atoms with Crippen LogP contribution in [0.25, 0.3) is 0 Å². The summed E-state index contributed by atoms with van der Waals surface area (Å²) in [5, 5.41) is 20.4. The van der Waals surface area contributed by atoms with Crippen LogP contribution in [0.3, 0.4) is 0 Å². The number of H-pyrrole nitrogens is 1. The van der Waals surface area contributed by atoms with E-state index in [0.717, 1.165) is 5.69 Å². The van der Waals surface area contributed by atoms with Gasteiger partial charge in [0.15, 0.2) is 17.2 Å². The predicted molar refractivity (Wildman–Crippen MR) is 88.4 cm³/mol. The van der Waals surface area contributed by atoms with Gasteiger partial charge in [0.2, 0.25) is 0 Å². The molecule has 9 heteroatoms. The molecule has 116 valence electrons. The number of methoxy groups -OCH3 is 1. The molecule has 0 aliphatic heterocycles. The van der Waals surface area contributed by atoms with Gasteiger partial charge in [0.1, 0.15) is 0 Å². The van der Waals surface area contributed by atoms with Crippen LogP contribution in [0.5, 0.6) is 11.5 Å². The maximum atomic E-state index is 11.8. The number of nitrogens with zero attached hydrogens (tertiary/aromatic N) is 2. The van der Waals surface area contributed by atoms with Gasteiger partial charge in [-0.2, -0.15) is 10.2 Å². The van der Waals surface area contributed by atoms with E-state index in [1.54, 1.807) is 19.1 Å². The fourth-order valence-corrected chi connectivity index (χ4v) is 2.46. The lowest BCUT2D eigenvalue weighted by atomic mass is 10.2. The number of aromatic amines is 1. The lowest BCUT2D eigenvalue weighted by Gasteiger charge is -2.09. The van der Waals surface area contributed by atoms with E-state index < -0.39 is 5.91 Å². The predicted octanol–water partition coefficient (Wildman–Crippen LogP) is 2.72. The second-order valence-electron chi connectivity index (χ2n) is 4.27. The molecule has 0 aliphatic carbocycles. The number of phenols is 1. The van der Waals surface area contributed by atoms with E-state index in [2.05, 4.69) is 52.6 Å². The third-order valence-electron chi connectivity index (χ3n) is 2.71. The molecule has 1 aromatic carbocycles. The second kappa shape index (κ2) is 6.93. The number of halogens is 2. The molecule has 0 bridgehead atoms. The lowest BCUT2D eigenvalue weighted by Crippen LogP contribution is -2.18. The minimum Gasteiger partial charge on any atom is -0.504 e. The van der Waals surface area contributed by atoms with Gasteiger partial charge in [-0.05, 0) is 50.9 Å². The Kier molecular flexibility index (Phi) is 5.19. The highest BCUT2D eigenvalue weighted by Gasteiger charge is 2.14. The number of rotatable bonds is 4. The first-order chi connectivity index (χ1) is 10.4. The summed E-state index contributed by atoms with van der Waals surface area (Å²) in [5.74, 6) is -0.268. The molecule has 0 fully saturated rings. The summed E-state index contributed by atoms with van der Waals surface area (Å²) < 4.78 is 6.32. The van der Waals surface area contributed by atoms with Gasteiger partial charge in [-0.3, -0.25) is 9.89 Å². The summed E-state index contributed by atoms with van der Waals surface area (Å²) in [6.07, 6.45) is 1.31. The van der Waals surface area contributed by atoms with E-state index in [1.165, 1.54) is 13.3 Å². The Bertz CT molecular complexity index is 743. The maximum absolute atomic E-state index is 11.8. The average Bonchev–Trinajstić information content (AvgIpc) is 2.93. The molecule has 0 atom stereocenters. The van der Waals surface area contributed by atoms with Crippen LogP contribution in [0.2, 0.25) is 0 Å². The van der Waals surface area contributed by atoms with Crippen LogP contribution in [0.4, 0.5) is 0 Å². The summed E-state index contributed by atoms with van der Waals surface area (Å²) in [6.45, 7) is 1.79. The third-order valence-corrected chi connectivity index (χ3v) is 4.72. The second-order valence-corrected chi connectivity index (χ2v) is 5.92. The van der Waals surface area contributed by atoms with Crippen molar-refractivity contribution in [2.24, 2.45) is 5.10 Å². The highest BCUT2D eigenvalue weighted by Crippen LogP contribution is 2.39. The molecule has 3 N–H and O–H groups in total. The Morgan fingerprint density at radius 3 is 2.82 bits per heavy atom. The maximum Gasteiger partial charge on any atom is 0.291 e. The van der Waals surface area contributed by atoms with Crippen molar-refractivity contribution in [2.45, 2.75) is 6.92 Å². The Balaban J connectivity index is 2.20. The average molecular weight is 432 g/mol. The van der Waals surface area contributed by atoms with Crippen LogP contribution >= 0.6 is 31.9 Å². The number of aromatic nitrogens is 2. The van der Waals surface area contributed by atoms with Crippen LogP contribution in [-0.2, 0) is 0 Å². The van der Waals surface area contributed by atoms with Gasteiger partial charge in [0.05, 0.1) is 18.9 Å². The molecule has 2 aromatic rings. The standard InChI is InChI=1S/C13H12Br2N4O3/c1-6-3-9(18-17-6)13(21)19-16-5-7-11(15)8(14)4-10(22-2)12(7)20/h3-5,20H,1-2H3,(H,17,18)(H,19,21)/b16-5+. The molecule has 7 nitrogen and oxygen atoms in total. The van der Waals surface area contributed by atoms with E-state index >= 15 is 0 Å². The van der Waals surface area contributed by atoms with Crippen LogP contribution in [-0.4, -0.2) is 34.5 Å². The molecule has 2 rings (SSSR count). The molecule has 0 saturated heterocycles. The smallest absolute Gasteiger partial charge is 0.291 e. The van der Waals surface area contributed by atoms with Crippen molar-refractivity contribution >= 4 is 44.0 Å². The molecule has 0 saturated carbocycles. The Morgan fingerprint density at radius 2 is 2.23 bits per heavy atom. The van der Waals surface area contributed by atoms with E-state index in [0.29, 0.717) is 14.5 Å². The number of aromatic hydroxyl groups is 1. The summed E-state index contributed by atoms with van der Waals surface area (Å²) in [4.78, 5) is 11.8. The first kappa shape index (κ1) is 16.5. The number of ether oxygens (including phenoxy) is 1. The minimum absolute atomic E-state index is 0.0915. The molecule has 22 heavy (non-hydrogen) atoms. The van der Waals surface area contributed by atoms with Gasteiger partial charge in [0.25, 0.3) is 5.91 Å². The fourth-order valence-electron chi connectivity index (χ4n) is 1.63. The Morgan fingerprint density at radius 1 is 1.50 bits per heavy atom. The summed E-state index contributed by atoms with van der Waals surface area (Å²) in [7, 11) is 1.44. The van der Waals surface area contributed by atoms with Gasteiger partial charge in [-0.15, -0.1) is 0 Å². The van der Waals surface area contributed by atoms with Gasteiger partial charge in [-0.1, -0.05) is 0 Å². The topological polar surface area (TPSA) is 99.6 Å². The Hall–Kier alpha value is -1.87. The van der Waals surface area contributed by atoms with Crippen molar-refractivity contribution in [1.29, 1.82) is 0 Å². The van der Waals surface area contributed by atoms with Crippen molar-refractivity contribution in [3.63, 3.8) is 0 Å². The molecule has 0 aliphatic rings. The molecular formula is C13H12Br2N4O3. The Labute approximate surface area is 143 Å². The number of carbonyl (C=O) groups is 1. The van der Waals surface area contributed by atoms with Gasteiger partial charge >= 0.3 is 0 Å². The van der Waals surface area contributed by atoms with E-state index in [4.69, 9.17) is 4.74 Å². The van der Waals surface area contributed by atoms with E-state index in [-0.39, 0.29) is 17.2 Å². The summed E-state index contributed by atoms with van der Waals surface area (Å²) in [6, 6.07) is 3.21. The first-order valence-electron chi connectivity index (χ1n) is 6.04. The van der Waals surface area contributed by atoms with E-state index in [9.17, 15) is 9.90 Å². The van der Waals surface area contributed by atoms with Crippen molar-refractivity contribution in [3.8, 4) is 11.5 Å². The number of hydrogen-bond acceptors (Lipinski definition) is 5. The number of hydrazone groups is 1. The highest BCUT2D eigenvalue weighted by molar-refractivity contribution is 9.13. The van der Waals surface area contributed by atoms with Gasteiger partial charge in [0, 0.05) is 14.6 Å². The molecule has 0 spiro atoms. The molecule has 0 unspecified atom stereocenters. The van der Waals surface area contributed by atoms with Gasteiger partial charge < -0.3 is 9.84 Å². The number of carbonyl (C=O) groups excluding carboxylic acids is 1. The zero-order valence-electron chi connectivity index (χ0n) is 11.6. The number of hydrogen-bond donors (Lipinski definition) is 3. The number of phenolic OH excluding ortho intramolecular Hbond substituents is 1. The summed E-state index contributed by atoms with van der Waals surface area (Å²) >= 11 is 6.66. The third kappa shape index (κ3) is 3.47. The minimum atomic E-state index is -0.460. The van der Waals surface area contributed by atoms with Gasteiger partial charge in [-0.25, -0.2) is 5.43 Å². The van der Waals surface area contributed by atoms with E-state index in [1.807, 2.05) is 0 Å². The molecule has 1 amide bonds. The summed E-state index contributed by atoms with van der Waals surface area (Å²) in [5.41, 5.74) is 3.69. The van der Waals surface area contributed by atoms with Crippen LogP contribution in [0.1, 0.15) is 21.7 Å². The van der Waals surface area contributed by atoms with Crippen LogP contribution in [0, 0.1) is 6.92 Å².